The molecule has 0 spiro atoms. The Labute approximate surface area is 85.6 Å². The van der Waals surface area contributed by atoms with Crippen LogP contribution < -0.4 is 5.32 Å². The number of methoxy groups -OCH3 is 1. The lowest BCUT2D eigenvalue weighted by atomic mass is 10.2. The van der Waals surface area contributed by atoms with Gasteiger partial charge in [0.15, 0.2) is 5.69 Å². The van der Waals surface area contributed by atoms with Gasteiger partial charge < -0.3 is 10.1 Å². The van der Waals surface area contributed by atoms with Gasteiger partial charge in [-0.2, -0.15) is 5.10 Å². The van der Waals surface area contributed by atoms with Gasteiger partial charge >= 0.3 is 5.97 Å². The van der Waals surface area contributed by atoms with Gasteiger partial charge in [0.25, 0.3) is 0 Å². The molecule has 2 aromatic rings. The number of hydrogen-bond acceptors (Lipinski definition) is 5. The van der Waals surface area contributed by atoms with E-state index in [1.807, 2.05) is 0 Å². The number of esters is 1. The van der Waals surface area contributed by atoms with Crippen LogP contribution in [0.5, 0.6) is 0 Å². The van der Waals surface area contributed by atoms with Crippen LogP contribution in [0.15, 0.2) is 12.3 Å². The van der Waals surface area contributed by atoms with Gasteiger partial charge in [-0.05, 0) is 6.07 Å². The molecule has 2 N–H and O–H groups in total. The van der Waals surface area contributed by atoms with Crippen LogP contribution in [0.2, 0.25) is 0 Å². The lowest BCUT2D eigenvalue weighted by molar-refractivity contribution is 0.0596. The van der Waals surface area contributed by atoms with Crippen molar-refractivity contribution in [3.63, 3.8) is 0 Å². The summed E-state index contributed by atoms with van der Waals surface area (Å²) in [4.78, 5) is 15.5. The van der Waals surface area contributed by atoms with Crippen molar-refractivity contribution in [1.29, 1.82) is 0 Å². The van der Waals surface area contributed by atoms with Crippen LogP contribution in [0.1, 0.15) is 10.5 Å². The molecule has 0 unspecified atom stereocenters. The van der Waals surface area contributed by atoms with Gasteiger partial charge in [0.1, 0.15) is 5.82 Å². The molecule has 78 valence electrons. The number of hydrogen-bond donors (Lipinski definition) is 2. The van der Waals surface area contributed by atoms with Gasteiger partial charge in [-0.3, -0.25) is 5.10 Å². The van der Waals surface area contributed by atoms with Gasteiger partial charge in [-0.25, -0.2) is 9.78 Å². The van der Waals surface area contributed by atoms with Crippen LogP contribution in [-0.2, 0) is 4.74 Å². The summed E-state index contributed by atoms with van der Waals surface area (Å²) >= 11 is 0. The van der Waals surface area contributed by atoms with Crippen LogP contribution in [0.25, 0.3) is 10.9 Å². The Kier molecular flexibility index (Phi) is 2.24. The number of carbonyl (C=O) groups excluding carboxylic acids is 1. The summed E-state index contributed by atoms with van der Waals surface area (Å²) in [6.45, 7) is 0. The molecule has 0 aliphatic heterocycles. The number of fused-ring (bicyclic) bond motifs is 1. The maximum Gasteiger partial charge on any atom is 0.359 e. The van der Waals surface area contributed by atoms with Crippen molar-refractivity contribution >= 4 is 22.7 Å². The van der Waals surface area contributed by atoms with Crippen molar-refractivity contribution in [2.45, 2.75) is 0 Å². The van der Waals surface area contributed by atoms with E-state index in [2.05, 4.69) is 25.2 Å². The third kappa shape index (κ3) is 1.39. The molecular formula is C9H10N4O2. The molecule has 2 heterocycles. The van der Waals surface area contributed by atoms with Gasteiger partial charge in [-0.15, -0.1) is 0 Å². The van der Waals surface area contributed by atoms with E-state index in [-0.39, 0.29) is 5.69 Å². The minimum atomic E-state index is -0.481. The average molecular weight is 206 g/mol. The quantitative estimate of drug-likeness (QED) is 0.710. The Morgan fingerprint density at radius 3 is 3.07 bits per heavy atom. The zero-order valence-electron chi connectivity index (χ0n) is 8.37. The minimum Gasteiger partial charge on any atom is -0.464 e. The van der Waals surface area contributed by atoms with E-state index in [1.165, 1.54) is 7.11 Å². The number of nitrogens with zero attached hydrogens (tertiary/aromatic N) is 2. The molecule has 0 saturated carbocycles. The summed E-state index contributed by atoms with van der Waals surface area (Å²) in [6, 6.07) is 1.75. The number of aromatic nitrogens is 3. The molecule has 15 heavy (non-hydrogen) atoms. The smallest absolute Gasteiger partial charge is 0.359 e. The van der Waals surface area contributed by atoms with Crippen molar-refractivity contribution < 1.29 is 9.53 Å². The minimum absolute atomic E-state index is 0.241. The monoisotopic (exact) mass is 206 g/mol. The number of H-pyrrole nitrogens is 1. The first kappa shape index (κ1) is 9.45. The van der Waals surface area contributed by atoms with E-state index in [1.54, 1.807) is 19.3 Å². The Morgan fingerprint density at radius 2 is 2.40 bits per heavy atom. The Bertz CT molecular complexity index is 506. The fourth-order valence-corrected chi connectivity index (χ4v) is 1.40. The van der Waals surface area contributed by atoms with Crippen LogP contribution >= 0.6 is 0 Å². The molecule has 2 aromatic heterocycles. The third-order valence-electron chi connectivity index (χ3n) is 2.09. The predicted octanol–water partition coefficient (Wildman–Crippen LogP) is 0.786. The molecule has 0 amide bonds. The SMILES string of the molecule is CNc1nccc2[nH]nc(C(=O)OC)c12. The first-order chi connectivity index (χ1) is 7.27. The Morgan fingerprint density at radius 1 is 1.60 bits per heavy atom. The molecule has 0 aromatic carbocycles. The summed E-state index contributed by atoms with van der Waals surface area (Å²) < 4.78 is 4.63. The summed E-state index contributed by atoms with van der Waals surface area (Å²) in [5, 5.41) is 10.2. The van der Waals surface area contributed by atoms with Gasteiger partial charge in [0.2, 0.25) is 0 Å². The van der Waals surface area contributed by atoms with Crippen molar-refractivity contribution in [3.8, 4) is 0 Å². The van der Waals surface area contributed by atoms with E-state index in [0.29, 0.717) is 11.2 Å². The first-order valence-electron chi connectivity index (χ1n) is 4.37. The maximum atomic E-state index is 11.4. The second kappa shape index (κ2) is 3.56. The fraction of sp³-hybridized carbons (Fsp3) is 0.222. The predicted molar refractivity (Wildman–Crippen MR) is 54.8 cm³/mol. The molecule has 0 fully saturated rings. The van der Waals surface area contributed by atoms with Gasteiger partial charge in [0.05, 0.1) is 18.0 Å². The number of anilines is 1. The zero-order chi connectivity index (χ0) is 10.8. The topological polar surface area (TPSA) is 79.9 Å². The van der Waals surface area contributed by atoms with E-state index >= 15 is 0 Å². The molecule has 0 aliphatic carbocycles. The normalized spacial score (nSPS) is 10.3. The molecule has 6 heteroatoms. The van der Waals surface area contributed by atoms with E-state index in [0.717, 1.165) is 5.52 Å². The Balaban J connectivity index is 2.71. The lowest BCUT2D eigenvalue weighted by Gasteiger charge is -2.01. The van der Waals surface area contributed by atoms with Crippen molar-refractivity contribution in [3.05, 3.63) is 18.0 Å². The van der Waals surface area contributed by atoms with Crippen LogP contribution in [0, 0.1) is 0 Å². The summed E-state index contributed by atoms with van der Waals surface area (Å²) in [7, 11) is 3.05. The largest absolute Gasteiger partial charge is 0.464 e. The highest BCUT2D eigenvalue weighted by molar-refractivity contribution is 6.06. The number of rotatable bonds is 2. The van der Waals surface area contributed by atoms with E-state index in [9.17, 15) is 4.79 Å². The number of aromatic amines is 1. The molecule has 6 nitrogen and oxygen atoms in total. The first-order valence-corrected chi connectivity index (χ1v) is 4.37. The molecular weight excluding hydrogens is 196 g/mol. The fourth-order valence-electron chi connectivity index (χ4n) is 1.40. The van der Waals surface area contributed by atoms with E-state index < -0.39 is 5.97 Å². The molecule has 2 rings (SSSR count). The highest BCUT2D eigenvalue weighted by Crippen LogP contribution is 2.22. The summed E-state index contributed by atoms with van der Waals surface area (Å²) in [6.07, 6.45) is 1.63. The van der Waals surface area contributed by atoms with Crippen molar-refractivity contribution in [2.75, 3.05) is 19.5 Å². The number of ether oxygens (including phenoxy) is 1. The number of pyridine rings is 1. The Hall–Kier alpha value is -2.11. The lowest BCUT2D eigenvalue weighted by Crippen LogP contribution is -2.03. The highest BCUT2D eigenvalue weighted by Gasteiger charge is 2.17. The van der Waals surface area contributed by atoms with Crippen molar-refractivity contribution in [2.24, 2.45) is 0 Å². The van der Waals surface area contributed by atoms with Crippen molar-refractivity contribution in [1.82, 2.24) is 15.2 Å². The molecule has 0 atom stereocenters. The van der Waals surface area contributed by atoms with E-state index in [4.69, 9.17) is 0 Å². The van der Waals surface area contributed by atoms with Gasteiger partial charge in [0, 0.05) is 13.2 Å². The molecule has 0 radical (unpaired) electrons. The van der Waals surface area contributed by atoms with Crippen LogP contribution in [-0.4, -0.2) is 35.3 Å². The summed E-state index contributed by atoms with van der Waals surface area (Å²) in [5.74, 6) is 0.118. The molecule has 0 saturated heterocycles. The number of nitrogens with one attached hydrogen (secondary N) is 2. The summed E-state index contributed by atoms with van der Waals surface area (Å²) in [5.41, 5.74) is 0.986. The zero-order valence-corrected chi connectivity index (χ0v) is 8.37. The second-order valence-electron chi connectivity index (χ2n) is 2.90. The second-order valence-corrected chi connectivity index (χ2v) is 2.90. The third-order valence-corrected chi connectivity index (χ3v) is 2.09. The standard InChI is InChI=1S/C9H10N4O2/c1-10-8-6-5(3-4-11-8)12-13-7(6)9(14)15-2/h3-4H,1-2H3,(H,10,11)(H,12,13). The van der Waals surface area contributed by atoms with Crippen LogP contribution in [0.3, 0.4) is 0 Å². The van der Waals surface area contributed by atoms with Gasteiger partial charge in [-0.1, -0.05) is 0 Å². The maximum absolute atomic E-state index is 11.4. The average Bonchev–Trinajstić information content (AvgIpc) is 2.71. The highest BCUT2D eigenvalue weighted by atomic mass is 16.5. The molecule has 0 bridgehead atoms. The van der Waals surface area contributed by atoms with Crippen LogP contribution in [0.4, 0.5) is 5.82 Å². The number of carbonyl (C=O) groups is 1. The molecule has 0 aliphatic rings.